The molecular formula is C16H17N3O4S. The minimum Gasteiger partial charge on any atom is -0.478 e. The summed E-state index contributed by atoms with van der Waals surface area (Å²) in [5.41, 5.74) is 0.463. The number of aromatic nitrogens is 2. The molecule has 0 fully saturated rings. The smallest absolute Gasteiger partial charge is 0.238 e. The van der Waals surface area contributed by atoms with Crippen molar-refractivity contribution in [2.75, 3.05) is 0 Å². The van der Waals surface area contributed by atoms with Gasteiger partial charge in [-0.2, -0.15) is 5.10 Å². The number of nitrogens with zero attached hydrogens (tertiary/aromatic N) is 2. The average molecular weight is 347 g/mol. The highest BCUT2D eigenvalue weighted by molar-refractivity contribution is 7.89. The van der Waals surface area contributed by atoms with Gasteiger partial charge in [0.05, 0.1) is 16.2 Å². The fraction of sp³-hybridized carbons (Fsp3) is 0.250. The van der Waals surface area contributed by atoms with Crippen LogP contribution in [-0.2, 0) is 26.6 Å². The third-order valence-electron chi connectivity index (χ3n) is 3.77. The third-order valence-corrected chi connectivity index (χ3v) is 4.70. The zero-order chi connectivity index (χ0) is 17.7. The zero-order valence-corrected chi connectivity index (χ0v) is 14.3. The number of sulfonamides is 1. The molecule has 0 atom stereocenters. The first kappa shape index (κ1) is 16.4. The SMILES string of the molecule is Cn1ccc(C2=C(c3ccc(S(N)(=O)=O)cc3)OC(C)(C)C2=O)n1. The van der Waals surface area contributed by atoms with E-state index in [4.69, 9.17) is 9.88 Å². The number of rotatable bonds is 3. The summed E-state index contributed by atoms with van der Waals surface area (Å²) in [6.45, 7) is 3.37. The van der Waals surface area contributed by atoms with Crippen molar-refractivity contribution in [3.05, 3.63) is 47.8 Å². The van der Waals surface area contributed by atoms with Gasteiger partial charge in [-0.25, -0.2) is 13.6 Å². The van der Waals surface area contributed by atoms with Gasteiger partial charge in [-0.15, -0.1) is 0 Å². The largest absolute Gasteiger partial charge is 0.478 e. The van der Waals surface area contributed by atoms with E-state index in [0.29, 0.717) is 22.6 Å². The Hall–Kier alpha value is -2.45. The number of ketones is 1. The monoisotopic (exact) mass is 347 g/mol. The Labute approximate surface area is 139 Å². The summed E-state index contributed by atoms with van der Waals surface area (Å²) >= 11 is 0. The molecule has 1 aliphatic heterocycles. The number of aryl methyl sites for hydroxylation is 1. The van der Waals surface area contributed by atoms with Gasteiger partial charge in [-0.05, 0) is 44.2 Å². The van der Waals surface area contributed by atoms with Crippen molar-refractivity contribution in [3.63, 3.8) is 0 Å². The van der Waals surface area contributed by atoms with E-state index in [2.05, 4.69) is 5.10 Å². The highest BCUT2D eigenvalue weighted by Crippen LogP contribution is 2.40. The second kappa shape index (κ2) is 5.29. The summed E-state index contributed by atoms with van der Waals surface area (Å²) in [5, 5.41) is 9.39. The number of Topliss-reactive ketones (excluding diaryl/α,β-unsaturated/α-hetero) is 1. The van der Waals surface area contributed by atoms with Crippen LogP contribution in [0.3, 0.4) is 0 Å². The molecule has 1 aromatic carbocycles. The molecule has 1 aromatic heterocycles. The standard InChI is InChI=1S/C16H17N3O4S/c1-16(2)15(20)13(12-8-9-19(3)18-12)14(23-16)10-4-6-11(7-5-10)24(17,21)22/h4-9H,1-3H3,(H2,17,21,22). The summed E-state index contributed by atoms with van der Waals surface area (Å²) in [7, 11) is -2.02. The molecule has 24 heavy (non-hydrogen) atoms. The van der Waals surface area contributed by atoms with Crippen LogP contribution >= 0.6 is 0 Å². The molecule has 0 saturated carbocycles. The summed E-state index contributed by atoms with van der Waals surface area (Å²) in [5.74, 6) is 0.205. The van der Waals surface area contributed by atoms with Gasteiger partial charge in [0.25, 0.3) is 0 Å². The summed E-state index contributed by atoms with van der Waals surface area (Å²) < 4.78 is 30.2. The topological polar surface area (TPSA) is 104 Å². The third kappa shape index (κ3) is 2.74. The highest BCUT2D eigenvalue weighted by atomic mass is 32.2. The molecule has 0 radical (unpaired) electrons. The van der Waals surface area contributed by atoms with Gasteiger partial charge >= 0.3 is 0 Å². The highest BCUT2D eigenvalue weighted by Gasteiger charge is 2.43. The second-order valence-electron chi connectivity index (χ2n) is 6.09. The second-order valence-corrected chi connectivity index (χ2v) is 7.65. The van der Waals surface area contributed by atoms with E-state index >= 15 is 0 Å². The minimum absolute atomic E-state index is 0.00480. The lowest BCUT2D eigenvalue weighted by atomic mass is 9.96. The van der Waals surface area contributed by atoms with Gasteiger partial charge in [0, 0.05) is 18.8 Å². The predicted molar refractivity (Wildman–Crippen MR) is 88.0 cm³/mol. The maximum atomic E-state index is 12.7. The molecule has 0 saturated heterocycles. The Morgan fingerprint density at radius 1 is 1.17 bits per heavy atom. The lowest BCUT2D eigenvalue weighted by Gasteiger charge is -2.17. The molecule has 7 nitrogen and oxygen atoms in total. The van der Waals surface area contributed by atoms with E-state index in [0.717, 1.165) is 0 Å². The van der Waals surface area contributed by atoms with Crippen LogP contribution in [0.5, 0.6) is 0 Å². The van der Waals surface area contributed by atoms with Crippen LogP contribution in [0.25, 0.3) is 11.3 Å². The maximum absolute atomic E-state index is 12.7. The van der Waals surface area contributed by atoms with E-state index in [1.807, 2.05) is 0 Å². The molecular weight excluding hydrogens is 330 g/mol. The summed E-state index contributed by atoms with van der Waals surface area (Å²) in [6, 6.07) is 7.62. The van der Waals surface area contributed by atoms with Crippen molar-refractivity contribution in [1.82, 2.24) is 9.78 Å². The Morgan fingerprint density at radius 2 is 1.79 bits per heavy atom. The number of nitrogens with two attached hydrogens (primary N) is 1. The Morgan fingerprint density at radius 3 is 2.29 bits per heavy atom. The van der Waals surface area contributed by atoms with Gasteiger partial charge in [-0.1, -0.05) is 0 Å². The average Bonchev–Trinajstić information content (AvgIpc) is 3.00. The van der Waals surface area contributed by atoms with Crippen molar-refractivity contribution in [1.29, 1.82) is 0 Å². The molecule has 8 heteroatoms. The molecule has 2 N–H and O–H groups in total. The van der Waals surface area contributed by atoms with Crippen LogP contribution in [-0.4, -0.2) is 29.6 Å². The maximum Gasteiger partial charge on any atom is 0.238 e. The van der Waals surface area contributed by atoms with Gasteiger partial charge in [0.15, 0.2) is 5.60 Å². The van der Waals surface area contributed by atoms with Gasteiger partial charge in [0.2, 0.25) is 15.8 Å². The molecule has 0 spiro atoms. The van der Waals surface area contributed by atoms with E-state index < -0.39 is 15.6 Å². The van der Waals surface area contributed by atoms with Crippen LogP contribution in [0.1, 0.15) is 25.1 Å². The van der Waals surface area contributed by atoms with Crippen LogP contribution in [0.2, 0.25) is 0 Å². The number of hydrogen-bond donors (Lipinski definition) is 1. The Kier molecular flexibility index (Phi) is 3.61. The molecule has 126 valence electrons. The molecule has 3 rings (SSSR count). The minimum atomic E-state index is -3.78. The molecule has 0 aliphatic carbocycles. The Balaban J connectivity index is 2.15. The van der Waals surface area contributed by atoms with E-state index in [1.165, 1.54) is 12.1 Å². The fourth-order valence-corrected chi connectivity index (χ4v) is 3.05. The molecule has 2 aromatic rings. The van der Waals surface area contributed by atoms with Crippen LogP contribution in [0, 0.1) is 0 Å². The van der Waals surface area contributed by atoms with Crippen molar-refractivity contribution in [2.24, 2.45) is 12.2 Å². The lowest BCUT2D eigenvalue weighted by molar-refractivity contribution is -0.125. The molecule has 0 bridgehead atoms. The lowest BCUT2D eigenvalue weighted by Crippen LogP contribution is -2.29. The number of primary sulfonamides is 1. The van der Waals surface area contributed by atoms with E-state index in [1.54, 1.807) is 50.0 Å². The Bertz CT molecular complexity index is 953. The molecule has 1 aliphatic rings. The number of hydrogen-bond acceptors (Lipinski definition) is 5. The van der Waals surface area contributed by atoms with Crippen LogP contribution in [0.15, 0.2) is 41.4 Å². The van der Waals surface area contributed by atoms with Gasteiger partial charge in [-0.3, -0.25) is 9.48 Å². The number of carbonyl (C=O) groups excluding carboxylic acids is 1. The number of benzene rings is 1. The van der Waals surface area contributed by atoms with Crippen LogP contribution < -0.4 is 5.14 Å². The molecule has 0 amide bonds. The first-order valence-electron chi connectivity index (χ1n) is 7.21. The normalized spacial score (nSPS) is 17.2. The van der Waals surface area contributed by atoms with Crippen molar-refractivity contribution >= 4 is 27.1 Å². The predicted octanol–water partition coefficient (Wildman–Crippen LogP) is 1.31. The van der Waals surface area contributed by atoms with E-state index in [9.17, 15) is 13.2 Å². The van der Waals surface area contributed by atoms with Gasteiger partial charge in [0.1, 0.15) is 5.76 Å². The fourth-order valence-electron chi connectivity index (χ4n) is 2.54. The molecule has 2 heterocycles. The van der Waals surface area contributed by atoms with Gasteiger partial charge < -0.3 is 4.74 Å². The van der Waals surface area contributed by atoms with Crippen molar-refractivity contribution < 1.29 is 17.9 Å². The zero-order valence-electron chi connectivity index (χ0n) is 13.5. The summed E-state index contributed by atoms with van der Waals surface area (Å²) in [4.78, 5) is 12.7. The molecule has 0 unspecified atom stereocenters. The van der Waals surface area contributed by atoms with E-state index in [-0.39, 0.29) is 10.7 Å². The summed E-state index contributed by atoms with van der Waals surface area (Å²) in [6.07, 6.45) is 1.74. The quantitative estimate of drug-likeness (QED) is 0.901. The number of carbonyl (C=O) groups is 1. The first-order chi connectivity index (χ1) is 11.1. The number of ether oxygens (including phenoxy) is 1. The van der Waals surface area contributed by atoms with Crippen molar-refractivity contribution in [2.45, 2.75) is 24.3 Å². The van der Waals surface area contributed by atoms with Crippen LogP contribution in [0.4, 0.5) is 0 Å². The van der Waals surface area contributed by atoms with Crippen molar-refractivity contribution in [3.8, 4) is 0 Å². The first-order valence-corrected chi connectivity index (χ1v) is 8.75.